The molecule has 1 N–H and O–H groups in total. The van der Waals surface area contributed by atoms with E-state index in [0.29, 0.717) is 16.9 Å². The number of rotatable bonds is 4. The second kappa shape index (κ2) is 5.76. The zero-order valence-corrected chi connectivity index (χ0v) is 12.5. The minimum atomic E-state index is -1.08. The highest BCUT2D eigenvalue weighted by molar-refractivity contribution is 5.89. The molecule has 0 bridgehead atoms. The fraction of sp³-hybridized carbons (Fsp3) is 0.400. The number of aliphatic hydroxyl groups excluding tert-OH is 1. The van der Waals surface area contributed by atoms with Crippen molar-refractivity contribution in [2.24, 2.45) is 0 Å². The highest BCUT2D eigenvalue weighted by Gasteiger charge is 2.34. The van der Waals surface area contributed by atoms with Crippen molar-refractivity contribution in [3.63, 3.8) is 0 Å². The van der Waals surface area contributed by atoms with Crippen LogP contribution in [0.25, 0.3) is 0 Å². The summed E-state index contributed by atoms with van der Waals surface area (Å²) in [5.74, 6) is -1.21. The summed E-state index contributed by atoms with van der Waals surface area (Å²) in [6.07, 6.45) is -0.852. The lowest BCUT2D eigenvalue weighted by atomic mass is 10.0. The molecule has 0 aliphatic carbocycles. The lowest BCUT2D eigenvalue weighted by Crippen LogP contribution is -2.36. The minimum Gasteiger partial charge on any atom is -0.456 e. The Balaban J connectivity index is 2.17. The number of nitro groups is 1. The Kier molecular flexibility index (Phi) is 4.18. The van der Waals surface area contributed by atoms with Gasteiger partial charge in [0.15, 0.2) is 0 Å². The van der Waals surface area contributed by atoms with Crippen molar-refractivity contribution in [2.45, 2.75) is 39.1 Å². The summed E-state index contributed by atoms with van der Waals surface area (Å²) in [6.45, 7) is 4.78. The molecule has 0 amide bonds. The van der Waals surface area contributed by atoms with Crippen molar-refractivity contribution in [1.82, 2.24) is 0 Å². The van der Waals surface area contributed by atoms with Crippen LogP contribution < -0.4 is 0 Å². The van der Waals surface area contributed by atoms with Gasteiger partial charge in [0, 0.05) is 32.4 Å². The molecule has 1 aromatic carbocycles. The topological polar surface area (TPSA) is 98.9 Å². The summed E-state index contributed by atoms with van der Waals surface area (Å²) in [7, 11) is 0. The molecule has 0 spiro atoms. The summed E-state index contributed by atoms with van der Waals surface area (Å²) in [5, 5.41) is 20.9. The first-order valence-corrected chi connectivity index (χ1v) is 6.74. The zero-order chi connectivity index (χ0) is 16.5. The first-order chi connectivity index (χ1) is 10.2. The van der Waals surface area contributed by atoms with E-state index >= 15 is 0 Å². The Labute approximate surface area is 127 Å². The zero-order valence-electron chi connectivity index (χ0n) is 12.5. The number of benzene rings is 1. The Morgan fingerprint density at radius 3 is 2.41 bits per heavy atom. The van der Waals surface area contributed by atoms with Gasteiger partial charge in [-0.2, -0.15) is 0 Å². The molecule has 7 nitrogen and oxygen atoms in total. The van der Waals surface area contributed by atoms with Crippen molar-refractivity contribution in [1.29, 1.82) is 0 Å². The van der Waals surface area contributed by atoms with E-state index in [4.69, 9.17) is 9.47 Å². The van der Waals surface area contributed by atoms with Crippen LogP contribution >= 0.6 is 0 Å². The molecule has 1 heterocycles. The molecule has 1 aromatic rings. The molecule has 1 atom stereocenters. The van der Waals surface area contributed by atoms with Crippen molar-refractivity contribution < 1.29 is 24.3 Å². The second-order valence-corrected chi connectivity index (χ2v) is 5.51. The SMILES string of the molecule is CC1=C(C[C@@H](O)c2ccc([N+](=O)[O-])cc2)OC(C)(C)OC1=O. The molecule has 22 heavy (non-hydrogen) atoms. The molecule has 0 saturated carbocycles. The van der Waals surface area contributed by atoms with E-state index in [-0.39, 0.29) is 12.1 Å². The van der Waals surface area contributed by atoms with E-state index in [2.05, 4.69) is 0 Å². The van der Waals surface area contributed by atoms with E-state index in [0.717, 1.165) is 0 Å². The van der Waals surface area contributed by atoms with Crippen LogP contribution in [0.1, 0.15) is 38.9 Å². The molecule has 0 aromatic heterocycles. The Bertz CT molecular complexity index is 632. The fourth-order valence-corrected chi connectivity index (χ4v) is 2.11. The summed E-state index contributed by atoms with van der Waals surface area (Å²) in [6, 6.07) is 5.59. The molecule has 0 fully saturated rings. The van der Waals surface area contributed by atoms with Gasteiger partial charge in [0.05, 0.1) is 16.6 Å². The number of esters is 1. The number of nitro benzene ring substituents is 1. The monoisotopic (exact) mass is 307 g/mol. The number of non-ortho nitro benzene ring substituents is 1. The van der Waals surface area contributed by atoms with Gasteiger partial charge in [0.1, 0.15) is 5.76 Å². The molecule has 0 saturated heterocycles. The molecule has 1 aliphatic heterocycles. The molecular formula is C15H17NO6. The highest BCUT2D eigenvalue weighted by atomic mass is 16.7. The van der Waals surface area contributed by atoms with Gasteiger partial charge in [0.2, 0.25) is 5.79 Å². The number of carbonyl (C=O) groups is 1. The van der Waals surface area contributed by atoms with Crippen LogP contribution in [0.3, 0.4) is 0 Å². The predicted octanol–water partition coefficient (Wildman–Crippen LogP) is 2.60. The number of carbonyl (C=O) groups excluding carboxylic acids is 1. The predicted molar refractivity (Wildman–Crippen MR) is 76.6 cm³/mol. The van der Waals surface area contributed by atoms with Crippen molar-refractivity contribution in [2.75, 3.05) is 0 Å². The third kappa shape index (κ3) is 3.43. The van der Waals surface area contributed by atoms with E-state index < -0.39 is 22.8 Å². The molecule has 0 radical (unpaired) electrons. The molecule has 2 rings (SSSR count). The van der Waals surface area contributed by atoms with Crippen molar-refractivity contribution in [3.05, 3.63) is 51.3 Å². The van der Waals surface area contributed by atoms with Crippen LogP contribution in [-0.4, -0.2) is 21.8 Å². The molecule has 1 aliphatic rings. The number of hydrogen-bond donors (Lipinski definition) is 1. The maximum Gasteiger partial charge on any atom is 0.340 e. The summed E-state index contributed by atoms with van der Waals surface area (Å²) in [4.78, 5) is 21.8. The van der Waals surface area contributed by atoms with Crippen LogP contribution in [0.2, 0.25) is 0 Å². The quantitative estimate of drug-likeness (QED) is 0.521. The molecule has 118 valence electrons. The Morgan fingerprint density at radius 1 is 1.27 bits per heavy atom. The van der Waals surface area contributed by atoms with Crippen LogP contribution in [0, 0.1) is 10.1 Å². The van der Waals surface area contributed by atoms with Crippen LogP contribution in [0.15, 0.2) is 35.6 Å². The largest absolute Gasteiger partial charge is 0.456 e. The number of ether oxygens (including phenoxy) is 2. The van der Waals surface area contributed by atoms with Crippen LogP contribution in [0.4, 0.5) is 5.69 Å². The summed E-state index contributed by atoms with van der Waals surface area (Å²) in [5.41, 5.74) is 0.761. The van der Waals surface area contributed by atoms with E-state index in [1.165, 1.54) is 24.3 Å². The average Bonchev–Trinajstić information content (AvgIpc) is 2.43. The smallest absolute Gasteiger partial charge is 0.340 e. The maximum absolute atomic E-state index is 11.7. The van der Waals surface area contributed by atoms with E-state index in [9.17, 15) is 20.0 Å². The third-order valence-corrected chi connectivity index (χ3v) is 3.30. The number of nitrogens with zero attached hydrogens (tertiary/aromatic N) is 1. The number of cyclic esters (lactones) is 1. The first kappa shape index (κ1) is 16.0. The minimum absolute atomic E-state index is 0.0510. The van der Waals surface area contributed by atoms with Gasteiger partial charge in [0.25, 0.3) is 5.69 Å². The molecule has 0 unspecified atom stereocenters. The normalized spacial score (nSPS) is 18.5. The van der Waals surface area contributed by atoms with Crippen LogP contribution in [-0.2, 0) is 14.3 Å². The van der Waals surface area contributed by atoms with Gasteiger partial charge < -0.3 is 14.6 Å². The van der Waals surface area contributed by atoms with Gasteiger partial charge in [-0.1, -0.05) is 0 Å². The second-order valence-electron chi connectivity index (χ2n) is 5.51. The van der Waals surface area contributed by atoms with Crippen molar-refractivity contribution in [3.8, 4) is 0 Å². The van der Waals surface area contributed by atoms with Crippen LogP contribution in [0.5, 0.6) is 0 Å². The van der Waals surface area contributed by atoms with Crippen molar-refractivity contribution >= 4 is 11.7 Å². The summed E-state index contributed by atoms with van der Waals surface area (Å²) >= 11 is 0. The number of aliphatic hydroxyl groups is 1. The summed E-state index contributed by atoms with van der Waals surface area (Å²) < 4.78 is 10.6. The molecular weight excluding hydrogens is 290 g/mol. The molecule has 7 heteroatoms. The van der Waals surface area contributed by atoms with E-state index in [1.54, 1.807) is 20.8 Å². The standard InChI is InChI=1S/C15H17NO6/c1-9-13(21-15(2,3)22-14(9)18)8-12(17)10-4-6-11(7-5-10)16(19)20/h4-7,12,17H,8H2,1-3H3/t12-/m1/s1. The maximum atomic E-state index is 11.7. The van der Waals surface area contributed by atoms with Gasteiger partial charge in [-0.15, -0.1) is 0 Å². The van der Waals surface area contributed by atoms with E-state index in [1.807, 2.05) is 0 Å². The fourth-order valence-electron chi connectivity index (χ4n) is 2.11. The Hall–Kier alpha value is -2.41. The Morgan fingerprint density at radius 2 is 1.86 bits per heavy atom. The van der Waals surface area contributed by atoms with Gasteiger partial charge in [-0.3, -0.25) is 10.1 Å². The lowest BCUT2D eigenvalue weighted by Gasteiger charge is -2.33. The highest BCUT2D eigenvalue weighted by Crippen LogP contribution is 2.32. The lowest BCUT2D eigenvalue weighted by molar-refractivity contribution is -0.384. The van der Waals surface area contributed by atoms with Gasteiger partial charge in [-0.25, -0.2) is 4.79 Å². The third-order valence-electron chi connectivity index (χ3n) is 3.30. The average molecular weight is 307 g/mol. The van der Waals surface area contributed by atoms with Gasteiger partial charge in [-0.05, 0) is 24.6 Å². The number of hydrogen-bond acceptors (Lipinski definition) is 6. The first-order valence-electron chi connectivity index (χ1n) is 6.74. The van der Waals surface area contributed by atoms with Gasteiger partial charge >= 0.3 is 5.97 Å².